The number of benzene rings is 5. The number of nitrogens with zero attached hydrogens (tertiary/aromatic N) is 2. The van der Waals surface area contributed by atoms with E-state index >= 15 is 0 Å². The molecule has 300 valence electrons. The van der Waals surface area contributed by atoms with E-state index in [0.717, 1.165) is 39.8 Å². The van der Waals surface area contributed by atoms with Gasteiger partial charge >= 0.3 is 5.97 Å². The number of nitriles is 1. The monoisotopic (exact) mass is 831 g/mol. The third-order valence-corrected chi connectivity index (χ3v) is 11.6. The molecule has 2 N–H and O–H groups in total. The number of ether oxygens (including phenoxy) is 4. The SMILES string of the molecule is N#Cc1ccc(-c2ccc(C[C@H](NC(=O)[C@@H]3Cc4cc5c(cc4CN3C(=O)C3CCCO3)OC(c3ccc(OCc4ccc(Cl)c(Cl)c4)cc3)CO5)C(=O)O)cc2)cc1. The number of rotatable bonds is 11. The van der Waals surface area contributed by atoms with Gasteiger partial charge in [-0.2, -0.15) is 5.26 Å². The smallest absolute Gasteiger partial charge is 0.326 e. The van der Waals surface area contributed by atoms with Gasteiger partial charge in [0.05, 0.1) is 21.7 Å². The lowest BCUT2D eigenvalue weighted by Gasteiger charge is -2.38. The quantitative estimate of drug-likeness (QED) is 0.136. The molecule has 0 radical (unpaired) electrons. The van der Waals surface area contributed by atoms with Crippen molar-refractivity contribution in [2.75, 3.05) is 13.2 Å². The van der Waals surface area contributed by atoms with Crippen LogP contribution in [-0.2, 0) is 45.1 Å². The average molecular weight is 833 g/mol. The number of halogens is 2. The average Bonchev–Trinajstić information content (AvgIpc) is 3.81. The summed E-state index contributed by atoms with van der Waals surface area (Å²) >= 11 is 12.2. The van der Waals surface area contributed by atoms with Crippen LogP contribution in [0.5, 0.6) is 17.2 Å². The number of hydrogen-bond acceptors (Lipinski definition) is 8. The minimum Gasteiger partial charge on any atom is -0.489 e. The number of fused-ring (bicyclic) bond motifs is 2. The Balaban J connectivity index is 0.957. The molecule has 3 aliphatic rings. The Labute approximate surface area is 351 Å². The molecule has 0 aliphatic carbocycles. The molecule has 3 aliphatic heterocycles. The van der Waals surface area contributed by atoms with Crippen molar-refractivity contribution < 1.29 is 38.4 Å². The largest absolute Gasteiger partial charge is 0.489 e. The van der Waals surface area contributed by atoms with E-state index in [9.17, 15) is 19.5 Å². The Kier molecular flexibility index (Phi) is 11.7. The summed E-state index contributed by atoms with van der Waals surface area (Å²) in [6, 6.07) is 31.1. The van der Waals surface area contributed by atoms with Crippen molar-refractivity contribution in [2.24, 2.45) is 0 Å². The van der Waals surface area contributed by atoms with Gasteiger partial charge in [-0.3, -0.25) is 9.59 Å². The zero-order chi connectivity index (χ0) is 41.0. The van der Waals surface area contributed by atoms with Crippen LogP contribution in [0.2, 0.25) is 10.0 Å². The van der Waals surface area contributed by atoms with Crippen LogP contribution >= 0.6 is 23.2 Å². The number of carbonyl (C=O) groups excluding carboxylic acids is 2. The molecule has 2 unspecified atom stereocenters. The molecule has 2 amide bonds. The Bertz CT molecular complexity index is 2410. The van der Waals surface area contributed by atoms with E-state index in [1.165, 1.54) is 4.90 Å². The zero-order valence-corrected chi connectivity index (χ0v) is 33.2. The van der Waals surface area contributed by atoms with Crippen LogP contribution in [0.3, 0.4) is 0 Å². The second-order valence-corrected chi connectivity index (χ2v) is 15.6. The van der Waals surface area contributed by atoms with Crippen molar-refractivity contribution in [1.29, 1.82) is 5.26 Å². The predicted molar refractivity (Wildman–Crippen MR) is 219 cm³/mol. The van der Waals surface area contributed by atoms with Crippen molar-refractivity contribution in [3.05, 3.63) is 147 Å². The molecule has 8 rings (SSSR count). The topological polar surface area (TPSA) is 147 Å². The first-order valence-electron chi connectivity index (χ1n) is 19.3. The number of carboxylic acid groups (broad SMARTS) is 1. The van der Waals surface area contributed by atoms with Crippen LogP contribution in [0.1, 0.15) is 52.3 Å². The molecular formula is C46H39Cl2N3O8. The second-order valence-electron chi connectivity index (χ2n) is 14.8. The fraction of sp³-hybridized carbons (Fsp3) is 0.261. The highest BCUT2D eigenvalue weighted by atomic mass is 35.5. The fourth-order valence-electron chi connectivity index (χ4n) is 7.59. The van der Waals surface area contributed by atoms with E-state index in [2.05, 4.69) is 11.4 Å². The van der Waals surface area contributed by atoms with Gasteiger partial charge in [-0.15, -0.1) is 0 Å². The molecule has 5 aromatic carbocycles. The van der Waals surface area contributed by atoms with Crippen molar-refractivity contribution in [2.45, 2.75) is 63.1 Å². The highest BCUT2D eigenvalue weighted by molar-refractivity contribution is 6.42. The minimum absolute atomic E-state index is 0.0338. The van der Waals surface area contributed by atoms with Gasteiger partial charge in [-0.1, -0.05) is 77.8 Å². The minimum atomic E-state index is -1.25. The van der Waals surface area contributed by atoms with Crippen molar-refractivity contribution in [3.8, 4) is 34.4 Å². The van der Waals surface area contributed by atoms with Crippen molar-refractivity contribution in [1.82, 2.24) is 10.2 Å². The predicted octanol–water partition coefficient (Wildman–Crippen LogP) is 7.87. The maximum atomic E-state index is 14.1. The number of carbonyl (C=O) groups is 3. The summed E-state index contributed by atoms with van der Waals surface area (Å²) in [6.07, 6.45) is 0.356. The molecule has 1 saturated heterocycles. The highest BCUT2D eigenvalue weighted by Crippen LogP contribution is 2.41. The lowest BCUT2D eigenvalue weighted by molar-refractivity contribution is -0.150. The number of hydrogen-bond donors (Lipinski definition) is 2. The Morgan fingerprint density at radius 3 is 2.27 bits per heavy atom. The second kappa shape index (κ2) is 17.4. The summed E-state index contributed by atoms with van der Waals surface area (Å²) < 4.78 is 24.3. The molecule has 4 atom stereocenters. The lowest BCUT2D eigenvalue weighted by Crippen LogP contribution is -2.57. The van der Waals surface area contributed by atoms with E-state index in [0.29, 0.717) is 58.1 Å². The third kappa shape index (κ3) is 9.00. The summed E-state index contributed by atoms with van der Waals surface area (Å²) in [6.45, 7) is 1.13. The molecule has 1 fully saturated rings. The number of aliphatic carboxylic acids is 1. The molecule has 0 bridgehead atoms. The zero-order valence-electron chi connectivity index (χ0n) is 31.7. The van der Waals surface area contributed by atoms with E-state index in [-0.39, 0.29) is 31.9 Å². The molecule has 0 saturated carbocycles. The Hall–Kier alpha value is -6.06. The van der Waals surface area contributed by atoms with E-state index < -0.39 is 36.2 Å². The van der Waals surface area contributed by atoms with Gasteiger partial charge in [0, 0.05) is 26.0 Å². The maximum absolute atomic E-state index is 14.1. The van der Waals surface area contributed by atoms with Gasteiger partial charge in [0.25, 0.3) is 5.91 Å². The van der Waals surface area contributed by atoms with Gasteiger partial charge in [0.1, 0.15) is 37.2 Å². The number of nitrogens with one attached hydrogen (secondary N) is 1. The van der Waals surface area contributed by atoms with Crippen LogP contribution in [0, 0.1) is 11.3 Å². The molecule has 59 heavy (non-hydrogen) atoms. The number of amides is 2. The molecule has 13 heteroatoms. The lowest BCUT2D eigenvalue weighted by atomic mass is 9.91. The highest BCUT2D eigenvalue weighted by Gasteiger charge is 2.41. The fourth-order valence-corrected chi connectivity index (χ4v) is 7.91. The summed E-state index contributed by atoms with van der Waals surface area (Å²) in [5.74, 6) is -0.362. The molecule has 3 heterocycles. The Morgan fingerprint density at radius 2 is 1.59 bits per heavy atom. The molecule has 11 nitrogen and oxygen atoms in total. The summed E-state index contributed by atoms with van der Waals surface area (Å²) in [5.41, 5.74) is 6.47. The van der Waals surface area contributed by atoms with Crippen molar-refractivity contribution >= 4 is 41.0 Å². The normalized spacial score (nSPS) is 18.6. The van der Waals surface area contributed by atoms with Crippen LogP contribution in [0.4, 0.5) is 0 Å². The molecule has 0 spiro atoms. The standard InChI is InChI=1S/C46H39Cl2N3O8/c47-36-16-7-29(18-37(36)48)25-57-35-14-12-32(13-15-35)43-26-58-41-21-33-20-39(51(24-34(33)22-42(41)59-43)45(53)40-2-1-17-56-40)44(52)50-38(46(54)55)19-27-3-8-30(9-4-27)31-10-5-28(23-49)6-11-31/h3-16,18,21-22,38-40,43H,1-2,17,19-20,24-26H2,(H,50,52)(H,54,55)/t38-,39-,40?,43?/m0/s1. The summed E-state index contributed by atoms with van der Waals surface area (Å²) in [4.78, 5) is 42.0. The van der Waals surface area contributed by atoms with Gasteiger partial charge in [0.15, 0.2) is 17.6 Å². The van der Waals surface area contributed by atoms with E-state index in [1.807, 2.05) is 78.9 Å². The van der Waals surface area contributed by atoms with E-state index in [1.54, 1.807) is 24.3 Å². The van der Waals surface area contributed by atoms with Gasteiger partial charge in [0.2, 0.25) is 5.91 Å². The van der Waals surface area contributed by atoms with Gasteiger partial charge in [-0.25, -0.2) is 4.79 Å². The molecular weight excluding hydrogens is 793 g/mol. The van der Waals surface area contributed by atoms with Gasteiger partial charge in [-0.05, 0) is 100 Å². The Morgan fingerprint density at radius 1 is 0.881 bits per heavy atom. The first kappa shape index (κ1) is 39.8. The first-order chi connectivity index (χ1) is 28.6. The molecule has 5 aromatic rings. The van der Waals surface area contributed by atoms with E-state index in [4.69, 9.17) is 47.4 Å². The first-order valence-corrected chi connectivity index (χ1v) is 20.0. The van der Waals surface area contributed by atoms with Crippen molar-refractivity contribution in [3.63, 3.8) is 0 Å². The molecule has 0 aromatic heterocycles. The summed E-state index contributed by atoms with van der Waals surface area (Å²) in [7, 11) is 0. The number of carboxylic acids is 1. The summed E-state index contributed by atoms with van der Waals surface area (Å²) in [5, 5.41) is 23.0. The van der Waals surface area contributed by atoms with Crippen LogP contribution in [-0.4, -0.2) is 59.2 Å². The van der Waals surface area contributed by atoms with Crippen LogP contribution in [0.15, 0.2) is 103 Å². The third-order valence-electron chi connectivity index (χ3n) is 10.8. The van der Waals surface area contributed by atoms with Gasteiger partial charge < -0.3 is 34.3 Å². The van der Waals surface area contributed by atoms with Crippen LogP contribution < -0.4 is 19.5 Å². The maximum Gasteiger partial charge on any atom is 0.326 e. The van der Waals surface area contributed by atoms with Crippen LogP contribution in [0.25, 0.3) is 11.1 Å².